The fourth-order valence-corrected chi connectivity index (χ4v) is 4.15. The van der Waals surface area contributed by atoms with Crippen molar-refractivity contribution in [3.05, 3.63) is 60.3 Å². The van der Waals surface area contributed by atoms with Crippen LogP contribution in [-0.4, -0.2) is 24.3 Å². The van der Waals surface area contributed by atoms with Gasteiger partial charge < -0.3 is 14.5 Å². The van der Waals surface area contributed by atoms with Crippen LogP contribution in [0.3, 0.4) is 0 Å². The summed E-state index contributed by atoms with van der Waals surface area (Å²) in [7, 11) is 0. The highest BCUT2D eigenvalue weighted by Gasteiger charge is 2.16. The number of aryl methyl sites for hydroxylation is 3. The highest BCUT2D eigenvalue weighted by molar-refractivity contribution is 9.11. The predicted molar refractivity (Wildman–Crippen MR) is 122 cm³/mol. The van der Waals surface area contributed by atoms with Crippen LogP contribution >= 0.6 is 31.9 Å². The van der Waals surface area contributed by atoms with Gasteiger partial charge in [-0.05, 0) is 75.6 Å². The second kappa shape index (κ2) is 11.8. The lowest BCUT2D eigenvalue weighted by Crippen LogP contribution is -2.22. The topological polar surface area (TPSA) is 51.3 Å². The van der Waals surface area contributed by atoms with Crippen molar-refractivity contribution in [3.63, 3.8) is 0 Å². The molecule has 0 saturated heterocycles. The number of rotatable bonds is 11. The number of benzene rings is 1. The molecule has 0 amide bonds. The maximum atomic E-state index is 12.6. The number of ether oxygens (including phenoxy) is 2. The summed E-state index contributed by atoms with van der Waals surface area (Å²) in [5.41, 5.74) is 3.34. The number of nitrogens with one attached hydrogen (secondary N) is 1. The molecule has 0 bridgehead atoms. The molecule has 1 aromatic heterocycles. The Morgan fingerprint density at radius 2 is 1.61 bits per heavy atom. The average Bonchev–Trinajstić information content (AvgIpc) is 2.71. The number of H-pyrrole nitrogens is 1. The van der Waals surface area contributed by atoms with E-state index in [4.69, 9.17) is 9.47 Å². The minimum absolute atomic E-state index is 0.00846. The molecule has 28 heavy (non-hydrogen) atoms. The van der Waals surface area contributed by atoms with E-state index in [0.29, 0.717) is 28.0 Å². The molecule has 0 aliphatic rings. The SMILES string of the molecule is CCCc1ccc(CCc2[nH]c(OCC(CC)OCC)c(Br)c(=O)c2Br)cc1. The highest BCUT2D eigenvalue weighted by Crippen LogP contribution is 2.25. The molecule has 1 heterocycles. The summed E-state index contributed by atoms with van der Waals surface area (Å²) in [5.74, 6) is 0.458. The summed E-state index contributed by atoms with van der Waals surface area (Å²) >= 11 is 6.79. The molecular formula is C22H29Br2NO3. The molecule has 0 fully saturated rings. The van der Waals surface area contributed by atoms with E-state index in [2.05, 4.69) is 75.0 Å². The maximum Gasteiger partial charge on any atom is 0.214 e. The Hall–Kier alpha value is -1.11. The summed E-state index contributed by atoms with van der Waals surface area (Å²) in [5, 5.41) is 0. The number of hydrogen-bond acceptors (Lipinski definition) is 3. The van der Waals surface area contributed by atoms with Gasteiger partial charge in [0.05, 0.1) is 10.6 Å². The van der Waals surface area contributed by atoms with Crippen molar-refractivity contribution < 1.29 is 9.47 Å². The largest absolute Gasteiger partial charge is 0.475 e. The first-order chi connectivity index (χ1) is 13.5. The maximum absolute atomic E-state index is 12.6. The standard InChI is InChI=1S/C22H29Br2NO3/c1-4-7-15-8-10-16(11-9-15)12-13-18-19(23)21(26)20(24)22(25-18)28-14-17(5-2)27-6-3/h8-11,17H,4-7,12-14H2,1-3H3,(H,25,26). The first-order valence-electron chi connectivity index (χ1n) is 9.92. The first-order valence-corrected chi connectivity index (χ1v) is 11.5. The van der Waals surface area contributed by atoms with Gasteiger partial charge in [0.25, 0.3) is 0 Å². The molecule has 0 saturated carbocycles. The molecule has 4 nitrogen and oxygen atoms in total. The minimum atomic E-state index is -0.105. The van der Waals surface area contributed by atoms with Gasteiger partial charge in [-0.25, -0.2) is 0 Å². The zero-order valence-corrected chi connectivity index (χ0v) is 20.0. The van der Waals surface area contributed by atoms with Crippen LogP contribution in [0, 0.1) is 0 Å². The summed E-state index contributed by atoms with van der Waals surface area (Å²) in [4.78, 5) is 15.8. The number of aromatic nitrogens is 1. The summed E-state index contributed by atoms with van der Waals surface area (Å²) < 4.78 is 12.4. The van der Waals surface area contributed by atoms with Crippen molar-refractivity contribution in [2.45, 2.75) is 59.0 Å². The molecule has 154 valence electrons. The molecule has 0 radical (unpaired) electrons. The highest BCUT2D eigenvalue weighted by atomic mass is 79.9. The van der Waals surface area contributed by atoms with Crippen LogP contribution < -0.4 is 10.2 Å². The summed E-state index contributed by atoms with van der Waals surface area (Å²) in [6.07, 6.45) is 4.68. The van der Waals surface area contributed by atoms with Crippen LogP contribution in [0.2, 0.25) is 0 Å². The van der Waals surface area contributed by atoms with E-state index in [9.17, 15) is 4.79 Å². The summed E-state index contributed by atoms with van der Waals surface area (Å²) in [6, 6.07) is 8.71. The van der Waals surface area contributed by atoms with Crippen LogP contribution in [0.5, 0.6) is 5.88 Å². The van der Waals surface area contributed by atoms with Crippen LogP contribution in [-0.2, 0) is 24.0 Å². The number of hydrogen-bond donors (Lipinski definition) is 1. The van der Waals surface area contributed by atoms with Crippen molar-refractivity contribution in [1.82, 2.24) is 4.98 Å². The molecule has 1 atom stereocenters. The number of halogens is 2. The van der Waals surface area contributed by atoms with Gasteiger partial charge in [-0.3, -0.25) is 4.79 Å². The molecule has 1 N–H and O–H groups in total. The quantitative estimate of drug-likeness (QED) is 0.410. The molecule has 0 spiro atoms. The van der Waals surface area contributed by atoms with Gasteiger partial charge in [0.2, 0.25) is 11.3 Å². The van der Waals surface area contributed by atoms with Crippen LogP contribution in [0.15, 0.2) is 38.0 Å². The molecule has 6 heteroatoms. The number of pyridine rings is 1. The van der Waals surface area contributed by atoms with Gasteiger partial charge in [0.1, 0.15) is 11.1 Å². The van der Waals surface area contributed by atoms with E-state index in [-0.39, 0.29) is 11.5 Å². The van der Waals surface area contributed by atoms with Crippen LogP contribution in [0.4, 0.5) is 0 Å². The molecule has 1 aromatic carbocycles. The van der Waals surface area contributed by atoms with Gasteiger partial charge in [-0.2, -0.15) is 0 Å². The summed E-state index contributed by atoms with van der Waals surface area (Å²) in [6.45, 7) is 7.25. The third-order valence-corrected chi connectivity index (χ3v) is 6.18. The molecule has 0 aliphatic heterocycles. The average molecular weight is 515 g/mol. The zero-order chi connectivity index (χ0) is 20.5. The fourth-order valence-electron chi connectivity index (χ4n) is 2.98. The Balaban J connectivity index is 2.11. The monoisotopic (exact) mass is 513 g/mol. The lowest BCUT2D eigenvalue weighted by atomic mass is 10.0. The molecular weight excluding hydrogens is 486 g/mol. The number of aromatic amines is 1. The van der Waals surface area contributed by atoms with Crippen molar-refractivity contribution in [1.29, 1.82) is 0 Å². The van der Waals surface area contributed by atoms with Crippen molar-refractivity contribution in [2.75, 3.05) is 13.2 Å². The Bertz CT molecular complexity index is 803. The zero-order valence-electron chi connectivity index (χ0n) is 16.8. The predicted octanol–water partition coefficient (Wildman–Crippen LogP) is 5.83. The van der Waals surface area contributed by atoms with E-state index in [1.807, 2.05) is 6.92 Å². The van der Waals surface area contributed by atoms with Gasteiger partial charge >= 0.3 is 0 Å². The van der Waals surface area contributed by atoms with E-state index in [1.54, 1.807) is 0 Å². The van der Waals surface area contributed by atoms with E-state index in [0.717, 1.165) is 37.8 Å². The Morgan fingerprint density at radius 1 is 0.964 bits per heavy atom. The lowest BCUT2D eigenvalue weighted by Gasteiger charge is -2.17. The molecule has 0 aliphatic carbocycles. The van der Waals surface area contributed by atoms with Gasteiger partial charge in [-0.15, -0.1) is 0 Å². The third kappa shape index (κ3) is 6.46. The minimum Gasteiger partial charge on any atom is -0.475 e. The van der Waals surface area contributed by atoms with E-state index in [1.165, 1.54) is 11.1 Å². The fraction of sp³-hybridized carbons (Fsp3) is 0.500. The normalized spacial score (nSPS) is 12.2. The second-order valence-electron chi connectivity index (χ2n) is 6.75. The second-order valence-corrected chi connectivity index (χ2v) is 8.34. The Labute approximate surface area is 184 Å². The van der Waals surface area contributed by atoms with Crippen LogP contribution in [0.25, 0.3) is 0 Å². The van der Waals surface area contributed by atoms with Crippen molar-refractivity contribution >= 4 is 31.9 Å². The van der Waals surface area contributed by atoms with E-state index >= 15 is 0 Å². The Morgan fingerprint density at radius 3 is 2.18 bits per heavy atom. The first kappa shape index (κ1) is 23.2. The molecule has 2 aromatic rings. The van der Waals surface area contributed by atoms with Gasteiger partial charge in [0.15, 0.2) is 0 Å². The molecule has 1 unspecified atom stereocenters. The Kier molecular flexibility index (Phi) is 9.75. The van der Waals surface area contributed by atoms with Crippen molar-refractivity contribution in [2.24, 2.45) is 0 Å². The lowest BCUT2D eigenvalue weighted by molar-refractivity contribution is 0.0241. The van der Waals surface area contributed by atoms with Gasteiger partial charge in [0, 0.05) is 12.3 Å². The van der Waals surface area contributed by atoms with Crippen molar-refractivity contribution in [3.8, 4) is 5.88 Å². The van der Waals surface area contributed by atoms with E-state index < -0.39 is 0 Å². The van der Waals surface area contributed by atoms with Gasteiger partial charge in [-0.1, -0.05) is 44.5 Å². The third-order valence-electron chi connectivity index (χ3n) is 4.62. The smallest absolute Gasteiger partial charge is 0.214 e. The molecule has 2 rings (SSSR count). The van der Waals surface area contributed by atoms with Crippen LogP contribution in [0.1, 0.15) is 50.4 Å².